The molecule has 2 aliphatic heterocycles. The van der Waals surface area contributed by atoms with Gasteiger partial charge in [-0.05, 0) is 18.8 Å². The van der Waals surface area contributed by atoms with Crippen molar-refractivity contribution < 1.29 is 36.7 Å². The molecule has 2 aliphatic rings. The Morgan fingerprint density at radius 3 is 2.57 bits per heavy atom. The second-order valence-corrected chi connectivity index (χ2v) is 6.91. The number of hydrogen-bond acceptors (Lipinski definition) is 5. The lowest BCUT2D eigenvalue weighted by molar-refractivity contribution is -0.192. The summed E-state index contributed by atoms with van der Waals surface area (Å²) in [6, 6.07) is 0. The minimum Gasteiger partial charge on any atom is -0.475 e. The Balaban J connectivity index is 0.000000345. The second kappa shape index (κ2) is 9.35. The molecule has 1 atom stereocenters. The lowest BCUT2D eigenvalue weighted by Gasteiger charge is -2.29. The van der Waals surface area contributed by atoms with Gasteiger partial charge in [-0.25, -0.2) is 14.2 Å². The molecule has 1 fully saturated rings. The van der Waals surface area contributed by atoms with Gasteiger partial charge in [0.05, 0.1) is 5.69 Å². The number of carbonyl (C=O) groups is 2. The first-order valence-electron chi connectivity index (χ1n) is 8.98. The van der Waals surface area contributed by atoms with E-state index in [2.05, 4.69) is 11.9 Å². The summed E-state index contributed by atoms with van der Waals surface area (Å²) in [5.41, 5.74) is 0.795. The van der Waals surface area contributed by atoms with Gasteiger partial charge in [-0.1, -0.05) is 6.92 Å². The molecule has 1 aromatic rings. The van der Waals surface area contributed by atoms with E-state index in [-0.39, 0.29) is 18.5 Å². The number of halogens is 4. The van der Waals surface area contributed by atoms with Crippen molar-refractivity contribution in [2.45, 2.75) is 38.9 Å². The van der Waals surface area contributed by atoms with E-state index in [1.165, 1.54) is 6.42 Å². The van der Waals surface area contributed by atoms with E-state index in [1.807, 2.05) is 9.80 Å². The standard InChI is InChI=1S/C15H22FN3O2.C2HF3O2/c1-11-3-2-6-19(9-11)15(20)14-17-12-10-18(8-5-16)7-4-13(12)21-14;3-2(4,5)1(6)7/h11H,2-10H2,1H3;(H,6,7). The van der Waals surface area contributed by atoms with Crippen LogP contribution in [-0.2, 0) is 17.8 Å². The van der Waals surface area contributed by atoms with Crippen molar-refractivity contribution in [3.05, 3.63) is 17.3 Å². The summed E-state index contributed by atoms with van der Waals surface area (Å²) < 4.78 is 49.8. The third-order valence-electron chi connectivity index (χ3n) is 4.58. The molecule has 1 unspecified atom stereocenters. The minimum absolute atomic E-state index is 0.104. The van der Waals surface area contributed by atoms with Crippen LogP contribution in [0.25, 0.3) is 0 Å². The number of piperidine rings is 1. The highest BCUT2D eigenvalue weighted by Gasteiger charge is 2.38. The van der Waals surface area contributed by atoms with Gasteiger partial charge in [0.2, 0.25) is 0 Å². The molecule has 0 saturated carbocycles. The molecule has 0 bridgehead atoms. The van der Waals surface area contributed by atoms with Crippen LogP contribution >= 0.6 is 0 Å². The Hall–Kier alpha value is -2.17. The van der Waals surface area contributed by atoms with Gasteiger partial charge >= 0.3 is 18.1 Å². The summed E-state index contributed by atoms with van der Waals surface area (Å²) in [5, 5.41) is 7.12. The fraction of sp³-hybridized carbons (Fsp3) is 0.706. The maximum atomic E-state index is 12.5. The number of hydrogen-bond donors (Lipinski definition) is 1. The van der Waals surface area contributed by atoms with Crippen LogP contribution in [0.2, 0.25) is 0 Å². The monoisotopic (exact) mass is 409 g/mol. The molecule has 1 amide bonds. The molecular formula is C17H23F4N3O4. The second-order valence-electron chi connectivity index (χ2n) is 6.91. The summed E-state index contributed by atoms with van der Waals surface area (Å²) >= 11 is 0. The van der Waals surface area contributed by atoms with Crippen LogP contribution in [0.4, 0.5) is 17.6 Å². The number of oxazole rings is 1. The number of carboxylic acid groups (broad SMARTS) is 1. The summed E-state index contributed by atoms with van der Waals surface area (Å²) in [7, 11) is 0. The van der Waals surface area contributed by atoms with Gasteiger partial charge < -0.3 is 14.4 Å². The zero-order valence-corrected chi connectivity index (χ0v) is 15.5. The Morgan fingerprint density at radius 2 is 2.00 bits per heavy atom. The quantitative estimate of drug-likeness (QED) is 0.772. The minimum atomic E-state index is -5.08. The first-order chi connectivity index (χ1) is 13.1. The number of aromatic nitrogens is 1. The van der Waals surface area contributed by atoms with Crippen molar-refractivity contribution in [2.75, 3.05) is 32.9 Å². The van der Waals surface area contributed by atoms with Crippen LogP contribution in [0.3, 0.4) is 0 Å². The predicted molar refractivity (Wildman–Crippen MR) is 89.5 cm³/mol. The van der Waals surface area contributed by atoms with E-state index in [4.69, 9.17) is 14.3 Å². The van der Waals surface area contributed by atoms with Crippen molar-refractivity contribution >= 4 is 11.9 Å². The number of likely N-dealkylation sites (tertiary alicyclic amines) is 1. The highest BCUT2D eigenvalue weighted by molar-refractivity contribution is 5.89. The van der Waals surface area contributed by atoms with Crippen LogP contribution in [0, 0.1) is 5.92 Å². The van der Waals surface area contributed by atoms with Crippen LogP contribution in [-0.4, -0.2) is 70.8 Å². The molecule has 0 spiro atoms. The first-order valence-corrected chi connectivity index (χ1v) is 8.98. The SMILES string of the molecule is CC1CCCN(C(=O)c2nc3c(o2)CCN(CCF)C3)C1.O=C(O)C(F)(F)F. The van der Waals surface area contributed by atoms with Crippen molar-refractivity contribution in [2.24, 2.45) is 5.92 Å². The fourth-order valence-corrected chi connectivity index (χ4v) is 3.16. The summed E-state index contributed by atoms with van der Waals surface area (Å²) in [6.07, 6.45) is -2.17. The normalized spacial score (nSPS) is 20.2. The van der Waals surface area contributed by atoms with E-state index >= 15 is 0 Å². The molecule has 1 N–H and O–H groups in total. The topological polar surface area (TPSA) is 86.9 Å². The number of fused-ring (bicyclic) bond motifs is 1. The van der Waals surface area contributed by atoms with Crippen molar-refractivity contribution in [1.29, 1.82) is 0 Å². The van der Waals surface area contributed by atoms with Gasteiger partial charge in [0.15, 0.2) is 0 Å². The number of aliphatic carboxylic acids is 1. The smallest absolute Gasteiger partial charge is 0.475 e. The maximum Gasteiger partial charge on any atom is 0.490 e. The first kappa shape index (κ1) is 22.1. The Labute approximate surface area is 159 Å². The Bertz CT molecular complexity index is 692. The third-order valence-corrected chi connectivity index (χ3v) is 4.58. The maximum absolute atomic E-state index is 12.5. The van der Waals surface area contributed by atoms with E-state index in [9.17, 15) is 22.4 Å². The molecule has 3 rings (SSSR count). The highest BCUT2D eigenvalue weighted by atomic mass is 19.4. The number of carboxylic acids is 1. The largest absolute Gasteiger partial charge is 0.490 e. The van der Waals surface area contributed by atoms with Crippen LogP contribution in [0.1, 0.15) is 41.9 Å². The van der Waals surface area contributed by atoms with E-state index < -0.39 is 12.1 Å². The molecule has 1 aromatic heterocycles. The predicted octanol–water partition coefficient (Wildman–Crippen LogP) is 2.51. The molecule has 0 aromatic carbocycles. The fourth-order valence-electron chi connectivity index (χ4n) is 3.16. The van der Waals surface area contributed by atoms with Gasteiger partial charge in [0, 0.05) is 39.1 Å². The lowest BCUT2D eigenvalue weighted by atomic mass is 10.0. The van der Waals surface area contributed by atoms with Gasteiger partial charge in [0.25, 0.3) is 5.89 Å². The van der Waals surface area contributed by atoms with Crippen molar-refractivity contribution in [1.82, 2.24) is 14.8 Å². The number of alkyl halides is 4. The summed E-state index contributed by atoms with van der Waals surface area (Å²) in [5.74, 6) is -1.33. The lowest BCUT2D eigenvalue weighted by Crippen LogP contribution is -2.39. The molecule has 158 valence electrons. The molecule has 3 heterocycles. The molecular weight excluding hydrogens is 386 g/mol. The van der Waals surface area contributed by atoms with Crippen molar-refractivity contribution in [3.63, 3.8) is 0 Å². The number of nitrogens with zero attached hydrogens (tertiary/aromatic N) is 3. The van der Waals surface area contributed by atoms with Crippen LogP contribution < -0.4 is 0 Å². The number of carbonyl (C=O) groups excluding carboxylic acids is 1. The molecule has 1 saturated heterocycles. The third kappa shape index (κ3) is 5.91. The van der Waals surface area contributed by atoms with Gasteiger partial charge in [-0.3, -0.25) is 9.69 Å². The molecule has 0 radical (unpaired) electrons. The van der Waals surface area contributed by atoms with E-state index in [1.54, 1.807) is 0 Å². The van der Waals surface area contributed by atoms with E-state index in [0.717, 1.165) is 37.5 Å². The van der Waals surface area contributed by atoms with Gasteiger partial charge in [-0.15, -0.1) is 0 Å². The summed E-state index contributed by atoms with van der Waals surface area (Å²) in [6.45, 7) is 5.12. The Morgan fingerprint density at radius 1 is 1.32 bits per heavy atom. The summed E-state index contributed by atoms with van der Waals surface area (Å²) in [4.78, 5) is 29.6. The van der Waals surface area contributed by atoms with Crippen molar-refractivity contribution in [3.8, 4) is 0 Å². The van der Waals surface area contributed by atoms with Crippen LogP contribution in [0.5, 0.6) is 0 Å². The average molecular weight is 409 g/mol. The molecule has 11 heteroatoms. The van der Waals surface area contributed by atoms with Gasteiger partial charge in [0.1, 0.15) is 12.4 Å². The average Bonchev–Trinajstić information content (AvgIpc) is 3.04. The number of amides is 1. The zero-order valence-electron chi connectivity index (χ0n) is 15.5. The Kier molecular flexibility index (Phi) is 7.39. The van der Waals surface area contributed by atoms with Crippen LogP contribution in [0.15, 0.2) is 4.42 Å². The van der Waals surface area contributed by atoms with E-state index in [0.29, 0.717) is 25.4 Å². The molecule has 7 nitrogen and oxygen atoms in total. The van der Waals surface area contributed by atoms with Gasteiger partial charge in [-0.2, -0.15) is 13.2 Å². The molecule has 28 heavy (non-hydrogen) atoms. The zero-order chi connectivity index (χ0) is 20.9. The number of rotatable bonds is 3. The molecule has 0 aliphatic carbocycles. The highest BCUT2D eigenvalue weighted by Crippen LogP contribution is 2.22.